The standard InChI is InChI=1S/C17H29N7O3/c1-20-5-3-14(4-6-20)21(2)16-15(24(26)27)17(19-13-18-16)23-9-7-22(8-10-23)11-12-25/h13-14,25H,3-12H2,1-2H3. The zero-order chi connectivity index (χ0) is 19.4. The quantitative estimate of drug-likeness (QED) is 0.542. The van der Waals surface area contributed by atoms with Crippen LogP contribution in [0.15, 0.2) is 6.33 Å². The number of likely N-dealkylation sites (tertiary alicyclic amines) is 1. The molecule has 0 spiro atoms. The molecule has 0 aliphatic carbocycles. The molecule has 0 aromatic carbocycles. The molecule has 0 bridgehead atoms. The lowest BCUT2D eigenvalue weighted by molar-refractivity contribution is -0.383. The number of piperidine rings is 1. The monoisotopic (exact) mass is 379 g/mol. The fraction of sp³-hybridized carbons (Fsp3) is 0.765. The minimum absolute atomic E-state index is 0.00506. The Bertz CT molecular complexity index is 643. The highest BCUT2D eigenvalue weighted by atomic mass is 16.6. The largest absolute Gasteiger partial charge is 0.395 e. The van der Waals surface area contributed by atoms with Crippen molar-refractivity contribution in [3.8, 4) is 0 Å². The second-order valence-electron chi connectivity index (χ2n) is 7.32. The SMILES string of the molecule is CN1CCC(N(C)c2ncnc(N3CCN(CCO)CC3)c2[N+](=O)[O-])CC1. The summed E-state index contributed by atoms with van der Waals surface area (Å²) in [7, 11) is 3.99. The molecular formula is C17H29N7O3. The molecule has 1 N–H and O–H groups in total. The van der Waals surface area contributed by atoms with Crippen LogP contribution in [-0.4, -0.2) is 102 Å². The minimum Gasteiger partial charge on any atom is -0.395 e. The van der Waals surface area contributed by atoms with E-state index in [9.17, 15) is 10.1 Å². The average Bonchev–Trinajstić information content (AvgIpc) is 2.68. The summed E-state index contributed by atoms with van der Waals surface area (Å²) in [6.07, 6.45) is 3.36. The number of aromatic nitrogens is 2. The summed E-state index contributed by atoms with van der Waals surface area (Å²) in [6.45, 7) is 5.51. The van der Waals surface area contributed by atoms with Crippen molar-refractivity contribution < 1.29 is 10.0 Å². The molecule has 27 heavy (non-hydrogen) atoms. The number of hydrogen-bond donors (Lipinski definition) is 1. The van der Waals surface area contributed by atoms with Crippen LogP contribution >= 0.6 is 0 Å². The van der Waals surface area contributed by atoms with Crippen molar-refractivity contribution in [1.29, 1.82) is 0 Å². The number of aliphatic hydroxyl groups excluding tert-OH is 1. The van der Waals surface area contributed by atoms with Gasteiger partial charge in [0, 0.05) is 45.8 Å². The number of piperazine rings is 1. The van der Waals surface area contributed by atoms with Crippen molar-refractivity contribution in [3.63, 3.8) is 0 Å². The lowest BCUT2D eigenvalue weighted by Crippen LogP contribution is -2.48. The molecule has 2 saturated heterocycles. The summed E-state index contributed by atoms with van der Waals surface area (Å²) in [5, 5.41) is 21.0. The predicted octanol–water partition coefficient (Wildman–Crippen LogP) is 0.0295. The van der Waals surface area contributed by atoms with Crippen molar-refractivity contribution in [2.45, 2.75) is 18.9 Å². The Balaban J connectivity index is 1.82. The van der Waals surface area contributed by atoms with E-state index in [1.807, 2.05) is 16.8 Å². The van der Waals surface area contributed by atoms with Gasteiger partial charge in [0.2, 0.25) is 11.6 Å². The van der Waals surface area contributed by atoms with Gasteiger partial charge in [-0.3, -0.25) is 15.0 Å². The molecule has 1 aromatic rings. The fourth-order valence-corrected chi connectivity index (χ4v) is 3.89. The van der Waals surface area contributed by atoms with E-state index in [-0.39, 0.29) is 23.3 Å². The van der Waals surface area contributed by atoms with Crippen molar-refractivity contribution in [2.75, 3.05) is 76.3 Å². The molecule has 2 aliphatic rings. The van der Waals surface area contributed by atoms with Crippen LogP contribution in [0.2, 0.25) is 0 Å². The van der Waals surface area contributed by atoms with Gasteiger partial charge >= 0.3 is 5.69 Å². The van der Waals surface area contributed by atoms with Crippen LogP contribution in [0.1, 0.15) is 12.8 Å². The number of nitrogens with zero attached hydrogens (tertiary/aromatic N) is 7. The Morgan fingerprint density at radius 3 is 2.48 bits per heavy atom. The molecule has 0 amide bonds. The van der Waals surface area contributed by atoms with Crippen LogP contribution < -0.4 is 9.80 Å². The Hall–Kier alpha value is -2.04. The van der Waals surface area contributed by atoms with Gasteiger partial charge in [-0.05, 0) is 33.0 Å². The van der Waals surface area contributed by atoms with Crippen LogP contribution in [0.4, 0.5) is 17.3 Å². The Morgan fingerprint density at radius 1 is 1.22 bits per heavy atom. The topological polar surface area (TPSA) is 102 Å². The maximum absolute atomic E-state index is 11.9. The maximum atomic E-state index is 11.9. The summed E-state index contributed by atoms with van der Waals surface area (Å²) in [6, 6.07) is 0.240. The van der Waals surface area contributed by atoms with Gasteiger partial charge in [-0.25, -0.2) is 9.97 Å². The van der Waals surface area contributed by atoms with E-state index in [0.717, 1.165) is 39.0 Å². The lowest BCUT2D eigenvalue weighted by Gasteiger charge is -2.37. The molecule has 0 unspecified atom stereocenters. The van der Waals surface area contributed by atoms with Crippen LogP contribution in [0.5, 0.6) is 0 Å². The van der Waals surface area contributed by atoms with Gasteiger partial charge in [0.25, 0.3) is 0 Å². The highest BCUT2D eigenvalue weighted by molar-refractivity contribution is 5.71. The molecule has 0 saturated carbocycles. The second kappa shape index (κ2) is 8.77. The molecule has 1 aromatic heterocycles. The van der Waals surface area contributed by atoms with Crippen molar-refractivity contribution in [3.05, 3.63) is 16.4 Å². The van der Waals surface area contributed by atoms with E-state index in [0.29, 0.717) is 31.3 Å². The summed E-state index contributed by atoms with van der Waals surface area (Å²) in [4.78, 5) is 28.4. The first-order valence-corrected chi connectivity index (χ1v) is 9.50. The molecule has 10 heteroatoms. The molecular weight excluding hydrogens is 350 g/mol. The third kappa shape index (κ3) is 4.45. The van der Waals surface area contributed by atoms with Gasteiger partial charge < -0.3 is 19.8 Å². The molecule has 3 heterocycles. The first-order valence-electron chi connectivity index (χ1n) is 9.50. The number of aliphatic hydroxyl groups is 1. The van der Waals surface area contributed by atoms with E-state index in [1.54, 1.807) is 0 Å². The summed E-state index contributed by atoms with van der Waals surface area (Å²) < 4.78 is 0. The first-order chi connectivity index (χ1) is 13.0. The Labute approximate surface area is 159 Å². The van der Waals surface area contributed by atoms with Gasteiger partial charge in [-0.15, -0.1) is 0 Å². The summed E-state index contributed by atoms with van der Waals surface area (Å²) in [5.41, 5.74) is -0.00506. The average molecular weight is 379 g/mol. The minimum atomic E-state index is -0.351. The van der Waals surface area contributed by atoms with Crippen LogP contribution in [0, 0.1) is 10.1 Å². The summed E-state index contributed by atoms with van der Waals surface area (Å²) >= 11 is 0. The van der Waals surface area contributed by atoms with Crippen molar-refractivity contribution >= 4 is 17.3 Å². The van der Waals surface area contributed by atoms with E-state index in [4.69, 9.17) is 5.11 Å². The van der Waals surface area contributed by atoms with Crippen LogP contribution in [-0.2, 0) is 0 Å². The first kappa shape index (κ1) is 19.7. The molecule has 0 radical (unpaired) electrons. The third-order valence-corrected chi connectivity index (χ3v) is 5.62. The molecule has 2 aliphatic heterocycles. The molecule has 150 valence electrons. The van der Waals surface area contributed by atoms with E-state index >= 15 is 0 Å². The predicted molar refractivity (Wildman–Crippen MR) is 103 cm³/mol. The normalized spacial score (nSPS) is 20.0. The number of hydrogen-bond acceptors (Lipinski definition) is 9. The molecule has 2 fully saturated rings. The van der Waals surface area contributed by atoms with Gasteiger partial charge in [0.05, 0.1) is 11.5 Å². The van der Waals surface area contributed by atoms with E-state index in [1.165, 1.54) is 6.33 Å². The lowest BCUT2D eigenvalue weighted by atomic mass is 10.0. The van der Waals surface area contributed by atoms with Crippen LogP contribution in [0.25, 0.3) is 0 Å². The Kier molecular flexibility index (Phi) is 6.40. The number of anilines is 2. The van der Waals surface area contributed by atoms with E-state index in [2.05, 4.69) is 26.8 Å². The Morgan fingerprint density at radius 2 is 1.89 bits per heavy atom. The molecule has 0 atom stereocenters. The zero-order valence-corrected chi connectivity index (χ0v) is 16.1. The van der Waals surface area contributed by atoms with Crippen LogP contribution in [0.3, 0.4) is 0 Å². The fourth-order valence-electron chi connectivity index (χ4n) is 3.89. The number of β-amino-alcohol motifs (C(OH)–C–C–N with tert-alkyl or cyclic N) is 1. The number of rotatable bonds is 6. The smallest absolute Gasteiger partial charge is 0.353 e. The molecule has 3 rings (SSSR count). The third-order valence-electron chi connectivity index (χ3n) is 5.62. The number of nitro groups is 1. The maximum Gasteiger partial charge on any atom is 0.353 e. The zero-order valence-electron chi connectivity index (χ0n) is 16.1. The van der Waals surface area contributed by atoms with Gasteiger partial charge in [-0.1, -0.05) is 0 Å². The van der Waals surface area contributed by atoms with Gasteiger partial charge in [0.15, 0.2) is 0 Å². The van der Waals surface area contributed by atoms with Crippen molar-refractivity contribution in [1.82, 2.24) is 19.8 Å². The van der Waals surface area contributed by atoms with Gasteiger partial charge in [-0.2, -0.15) is 0 Å². The van der Waals surface area contributed by atoms with Crippen molar-refractivity contribution in [2.24, 2.45) is 0 Å². The molecule has 10 nitrogen and oxygen atoms in total. The van der Waals surface area contributed by atoms with Gasteiger partial charge in [0.1, 0.15) is 6.33 Å². The summed E-state index contributed by atoms with van der Waals surface area (Å²) in [5.74, 6) is 0.797. The van der Waals surface area contributed by atoms with E-state index < -0.39 is 0 Å². The highest BCUT2D eigenvalue weighted by Gasteiger charge is 2.33. The highest BCUT2D eigenvalue weighted by Crippen LogP contribution is 2.35. The second-order valence-corrected chi connectivity index (χ2v) is 7.32.